The Morgan fingerprint density at radius 3 is 2.67 bits per heavy atom. The van der Waals surface area contributed by atoms with Gasteiger partial charge in [0, 0.05) is 21.9 Å². The Morgan fingerprint density at radius 1 is 1.15 bits per heavy atom. The highest BCUT2D eigenvalue weighted by Gasteiger charge is 2.14. The van der Waals surface area contributed by atoms with E-state index in [1.165, 1.54) is 30.5 Å². The molecule has 4 aromatic rings. The lowest BCUT2D eigenvalue weighted by atomic mass is 10.1. The van der Waals surface area contributed by atoms with Crippen LogP contribution >= 0.6 is 23.4 Å². The summed E-state index contributed by atoms with van der Waals surface area (Å²) in [5, 5.41) is 4.64. The van der Waals surface area contributed by atoms with E-state index in [1.54, 1.807) is 18.2 Å². The molecule has 2 heterocycles. The molecule has 0 spiro atoms. The Hall–Kier alpha value is -2.71. The van der Waals surface area contributed by atoms with Crippen LogP contribution in [0, 0.1) is 11.6 Å². The first-order chi connectivity index (χ1) is 13.0. The van der Waals surface area contributed by atoms with Crippen molar-refractivity contribution in [3.8, 4) is 11.1 Å². The van der Waals surface area contributed by atoms with Crippen LogP contribution in [0.1, 0.15) is 5.56 Å². The van der Waals surface area contributed by atoms with Gasteiger partial charge in [-0.15, -0.1) is 0 Å². The zero-order chi connectivity index (χ0) is 19.0. The largest absolute Gasteiger partial charge is 0.350 e. The Morgan fingerprint density at radius 2 is 1.93 bits per heavy atom. The van der Waals surface area contributed by atoms with Gasteiger partial charge < -0.3 is 0 Å². The first-order valence-electron chi connectivity index (χ1n) is 7.82. The lowest BCUT2D eigenvalue weighted by Gasteiger charge is -2.06. The van der Waals surface area contributed by atoms with Gasteiger partial charge in [0.15, 0.2) is 10.8 Å². The van der Waals surface area contributed by atoms with E-state index in [-0.39, 0.29) is 11.6 Å². The van der Waals surface area contributed by atoms with Crippen molar-refractivity contribution in [2.24, 2.45) is 0 Å². The Bertz CT molecular complexity index is 1170. The molecule has 0 aliphatic rings. The topological polar surface area (TPSA) is 63.0 Å². The van der Waals surface area contributed by atoms with Crippen molar-refractivity contribution in [2.75, 3.05) is 0 Å². The van der Waals surface area contributed by atoms with Crippen molar-refractivity contribution in [2.45, 2.75) is 10.9 Å². The molecule has 0 atom stereocenters. The van der Waals surface area contributed by atoms with Gasteiger partial charge in [-0.1, -0.05) is 41.6 Å². The number of nitrogens with zero attached hydrogens (tertiary/aromatic N) is 3. The SMILES string of the molecule is O=c1[nH]c(SCc2c(F)cccc2Cl)nc2c(-c3ccc(F)cc3)cnn12. The standard InChI is InChI=1S/C18H11ClF2N4OS/c19-14-2-1-3-15(21)13(14)9-27-17-23-16-12(8-22-25(16)18(26)24-17)10-4-6-11(20)7-5-10/h1-8H,9H2,(H,23,24,26). The highest BCUT2D eigenvalue weighted by Crippen LogP contribution is 2.28. The highest BCUT2D eigenvalue weighted by atomic mass is 35.5. The van der Waals surface area contributed by atoms with Crippen molar-refractivity contribution < 1.29 is 8.78 Å². The summed E-state index contributed by atoms with van der Waals surface area (Å²) in [6.45, 7) is 0. The van der Waals surface area contributed by atoms with E-state index >= 15 is 0 Å². The van der Waals surface area contributed by atoms with Gasteiger partial charge in [0.2, 0.25) is 0 Å². The molecule has 0 saturated carbocycles. The van der Waals surface area contributed by atoms with Gasteiger partial charge in [-0.3, -0.25) is 4.98 Å². The number of hydrogen-bond acceptors (Lipinski definition) is 4. The lowest BCUT2D eigenvalue weighted by molar-refractivity contribution is 0.617. The van der Waals surface area contributed by atoms with E-state index < -0.39 is 11.5 Å². The number of nitrogens with one attached hydrogen (secondary N) is 1. The molecule has 27 heavy (non-hydrogen) atoms. The zero-order valence-electron chi connectivity index (χ0n) is 13.6. The van der Waals surface area contributed by atoms with Crippen LogP contribution in [-0.2, 0) is 5.75 Å². The molecule has 0 saturated heterocycles. The van der Waals surface area contributed by atoms with Crippen LogP contribution in [0.25, 0.3) is 16.8 Å². The molecular formula is C18H11ClF2N4OS. The van der Waals surface area contributed by atoms with Gasteiger partial charge >= 0.3 is 5.69 Å². The number of benzene rings is 2. The molecule has 136 valence electrons. The summed E-state index contributed by atoms with van der Waals surface area (Å²) in [5.74, 6) is -0.584. The molecule has 0 amide bonds. The van der Waals surface area contributed by atoms with E-state index in [0.29, 0.717) is 32.5 Å². The first-order valence-corrected chi connectivity index (χ1v) is 9.19. The Kier molecular flexibility index (Phi) is 4.67. The maximum absolute atomic E-state index is 13.9. The third-order valence-electron chi connectivity index (χ3n) is 3.93. The van der Waals surface area contributed by atoms with E-state index in [0.717, 1.165) is 16.3 Å². The third-order valence-corrected chi connectivity index (χ3v) is 5.18. The molecular weight excluding hydrogens is 394 g/mol. The average molecular weight is 405 g/mol. The van der Waals surface area contributed by atoms with E-state index in [4.69, 9.17) is 11.6 Å². The van der Waals surface area contributed by atoms with Crippen LogP contribution in [0.15, 0.2) is 58.6 Å². The van der Waals surface area contributed by atoms with Crippen LogP contribution in [0.5, 0.6) is 0 Å². The minimum atomic E-state index is -0.476. The normalized spacial score (nSPS) is 11.2. The van der Waals surface area contributed by atoms with Gasteiger partial charge in [0.05, 0.1) is 6.20 Å². The molecule has 2 aromatic heterocycles. The van der Waals surface area contributed by atoms with Crippen molar-refractivity contribution in [3.63, 3.8) is 0 Å². The predicted molar refractivity (Wildman–Crippen MR) is 100.0 cm³/mol. The molecule has 4 rings (SSSR count). The maximum Gasteiger partial charge on any atom is 0.350 e. The quantitative estimate of drug-likeness (QED) is 0.515. The van der Waals surface area contributed by atoms with Gasteiger partial charge in [-0.05, 0) is 29.8 Å². The minimum Gasteiger partial charge on any atom is -0.285 e. The monoisotopic (exact) mass is 404 g/mol. The minimum absolute atomic E-state index is 0.199. The Labute approximate surface area is 161 Å². The Balaban J connectivity index is 1.71. The van der Waals surface area contributed by atoms with Crippen molar-refractivity contribution in [3.05, 3.63) is 81.4 Å². The second kappa shape index (κ2) is 7.13. The second-order valence-electron chi connectivity index (χ2n) is 5.64. The smallest absolute Gasteiger partial charge is 0.285 e. The fraction of sp³-hybridized carbons (Fsp3) is 0.0556. The van der Waals surface area contributed by atoms with Crippen LogP contribution in [0.2, 0.25) is 5.02 Å². The van der Waals surface area contributed by atoms with Gasteiger partial charge in [-0.2, -0.15) is 9.61 Å². The molecule has 0 radical (unpaired) electrons. The number of aromatic amines is 1. The summed E-state index contributed by atoms with van der Waals surface area (Å²) >= 11 is 7.18. The van der Waals surface area contributed by atoms with E-state index in [1.807, 2.05) is 0 Å². The summed E-state index contributed by atoms with van der Waals surface area (Å²) in [6, 6.07) is 10.3. The fourth-order valence-electron chi connectivity index (χ4n) is 2.58. The molecule has 0 aliphatic heterocycles. The molecule has 0 unspecified atom stereocenters. The predicted octanol–water partition coefficient (Wildman–Crippen LogP) is 4.31. The summed E-state index contributed by atoms with van der Waals surface area (Å²) < 4.78 is 28.2. The van der Waals surface area contributed by atoms with E-state index in [2.05, 4.69) is 15.1 Å². The van der Waals surface area contributed by atoms with Crippen molar-refractivity contribution >= 4 is 29.0 Å². The summed E-state index contributed by atoms with van der Waals surface area (Å²) in [6.07, 6.45) is 1.49. The molecule has 1 N–H and O–H groups in total. The van der Waals surface area contributed by atoms with Crippen LogP contribution < -0.4 is 5.69 Å². The molecule has 5 nitrogen and oxygen atoms in total. The molecule has 9 heteroatoms. The number of aromatic nitrogens is 4. The van der Waals surface area contributed by atoms with Crippen molar-refractivity contribution in [1.29, 1.82) is 0 Å². The van der Waals surface area contributed by atoms with Crippen molar-refractivity contribution in [1.82, 2.24) is 19.6 Å². The van der Waals surface area contributed by atoms with E-state index in [9.17, 15) is 13.6 Å². The van der Waals surface area contributed by atoms with Crippen LogP contribution in [0.4, 0.5) is 8.78 Å². The van der Waals surface area contributed by atoms with Gasteiger partial charge in [-0.25, -0.2) is 18.6 Å². The summed E-state index contributed by atoms with van der Waals surface area (Å²) in [7, 11) is 0. The number of rotatable bonds is 4. The third kappa shape index (κ3) is 3.45. The number of fused-ring (bicyclic) bond motifs is 1. The number of hydrogen-bond donors (Lipinski definition) is 1. The maximum atomic E-state index is 13.9. The summed E-state index contributed by atoms with van der Waals surface area (Å²) in [5.41, 5.74) is 1.45. The molecule has 2 aromatic carbocycles. The number of thioether (sulfide) groups is 1. The van der Waals surface area contributed by atoms with Crippen LogP contribution in [0.3, 0.4) is 0 Å². The number of H-pyrrole nitrogens is 1. The molecule has 0 bridgehead atoms. The molecule has 0 aliphatic carbocycles. The first kappa shape index (κ1) is 17.7. The summed E-state index contributed by atoms with van der Waals surface area (Å²) in [4.78, 5) is 19.3. The lowest BCUT2D eigenvalue weighted by Crippen LogP contribution is -2.19. The second-order valence-corrected chi connectivity index (χ2v) is 7.01. The molecule has 0 fully saturated rings. The fourth-order valence-corrected chi connectivity index (χ4v) is 3.77. The number of halogens is 3. The van der Waals surface area contributed by atoms with Gasteiger partial charge in [0.25, 0.3) is 0 Å². The van der Waals surface area contributed by atoms with Crippen LogP contribution in [-0.4, -0.2) is 19.6 Å². The van der Waals surface area contributed by atoms with Gasteiger partial charge in [0.1, 0.15) is 11.6 Å². The highest BCUT2D eigenvalue weighted by molar-refractivity contribution is 7.98. The zero-order valence-corrected chi connectivity index (χ0v) is 15.2. The average Bonchev–Trinajstić information content (AvgIpc) is 3.06.